The average Bonchev–Trinajstić information content (AvgIpc) is 3.17. The maximum Gasteiger partial charge on any atom is 0.259 e. The Morgan fingerprint density at radius 3 is 2.47 bits per heavy atom. The van der Waals surface area contributed by atoms with Crippen LogP contribution in [-0.4, -0.2) is 30.3 Å². The number of amides is 3. The lowest BCUT2D eigenvalue weighted by Gasteiger charge is -2.27. The highest BCUT2D eigenvalue weighted by molar-refractivity contribution is 7.99. The van der Waals surface area contributed by atoms with E-state index in [4.69, 9.17) is 0 Å². The summed E-state index contributed by atoms with van der Waals surface area (Å²) in [5, 5.41) is 2.99. The summed E-state index contributed by atoms with van der Waals surface area (Å²) in [6.07, 6.45) is 0.184. The molecule has 6 nitrogen and oxygen atoms in total. The van der Waals surface area contributed by atoms with Crippen molar-refractivity contribution < 1.29 is 14.4 Å². The van der Waals surface area contributed by atoms with Gasteiger partial charge in [-0.3, -0.25) is 14.4 Å². The molecule has 3 amide bonds. The molecule has 1 fully saturated rings. The largest absolute Gasteiger partial charge is 0.326 e. The first-order valence-electron chi connectivity index (χ1n) is 11.3. The average molecular weight is 472 g/mol. The number of nitrogens with one attached hydrogen (secondary N) is 1. The zero-order chi connectivity index (χ0) is 23.8. The van der Waals surface area contributed by atoms with E-state index in [2.05, 4.69) is 5.32 Å². The molecule has 1 N–H and O–H groups in total. The molecule has 0 spiro atoms. The highest BCUT2D eigenvalue weighted by atomic mass is 32.2. The van der Waals surface area contributed by atoms with E-state index in [0.29, 0.717) is 17.8 Å². The second kappa shape index (κ2) is 8.99. The van der Waals surface area contributed by atoms with Crippen LogP contribution < -0.4 is 15.1 Å². The van der Waals surface area contributed by atoms with Crippen LogP contribution in [0.1, 0.15) is 30.6 Å². The Bertz CT molecular complexity index is 1280. The summed E-state index contributed by atoms with van der Waals surface area (Å²) in [7, 11) is 0. The third kappa shape index (κ3) is 4.07. The van der Waals surface area contributed by atoms with Crippen LogP contribution >= 0.6 is 11.8 Å². The number of hydrogen-bond acceptors (Lipinski definition) is 4. The van der Waals surface area contributed by atoms with Crippen molar-refractivity contribution in [3.8, 4) is 0 Å². The molecule has 1 atom stereocenters. The summed E-state index contributed by atoms with van der Waals surface area (Å²) < 4.78 is 0. The third-order valence-electron chi connectivity index (χ3n) is 6.12. The van der Waals surface area contributed by atoms with Gasteiger partial charge >= 0.3 is 0 Å². The third-order valence-corrected chi connectivity index (χ3v) is 7.25. The van der Waals surface area contributed by atoms with Crippen molar-refractivity contribution in [2.45, 2.75) is 36.1 Å². The Hall–Kier alpha value is -3.58. The number of rotatable bonds is 4. The highest BCUT2D eigenvalue weighted by Gasteiger charge is 2.35. The van der Waals surface area contributed by atoms with Crippen molar-refractivity contribution in [2.24, 2.45) is 5.92 Å². The number of fused-ring (bicyclic) bond motifs is 2. The Morgan fingerprint density at radius 1 is 0.971 bits per heavy atom. The predicted octanol–water partition coefficient (Wildman–Crippen LogP) is 5.20. The van der Waals surface area contributed by atoms with Gasteiger partial charge in [-0.1, -0.05) is 42.1 Å². The van der Waals surface area contributed by atoms with Crippen molar-refractivity contribution >= 4 is 46.5 Å². The summed E-state index contributed by atoms with van der Waals surface area (Å²) >= 11 is 1.52. The standard InChI is InChI=1S/C27H25N3O3S/c1-17(2)30-22-13-12-19(15-24(22)34-23-11-7-6-10-21(23)27(30)33)28-26(32)18-14-25(31)29(16-18)20-8-4-3-5-9-20/h3-13,15,17-18H,14,16H2,1-2H3,(H,28,32). The van der Waals surface area contributed by atoms with E-state index in [1.165, 1.54) is 11.8 Å². The van der Waals surface area contributed by atoms with Gasteiger partial charge in [0, 0.05) is 40.2 Å². The Morgan fingerprint density at radius 2 is 1.71 bits per heavy atom. The Balaban J connectivity index is 1.39. The number of hydrogen-bond donors (Lipinski definition) is 1. The predicted molar refractivity (Wildman–Crippen MR) is 134 cm³/mol. The lowest BCUT2D eigenvalue weighted by molar-refractivity contribution is -0.122. The van der Waals surface area contributed by atoms with E-state index in [1.807, 2.05) is 86.6 Å². The zero-order valence-electron chi connectivity index (χ0n) is 19.0. The first-order valence-corrected chi connectivity index (χ1v) is 12.1. The van der Waals surface area contributed by atoms with Crippen molar-refractivity contribution in [3.05, 3.63) is 78.4 Å². The number of anilines is 3. The van der Waals surface area contributed by atoms with Crippen molar-refractivity contribution in [1.82, 2.24) is 0 Å². The smallest absolute Gasteiger partial charge is 0.259 e. The monoisotopic (exact) mass is 471 g/mol. The highest BCUT2D eigenvalue weighted by Crippen LogP contribution is 2.43. The zero-order valence-corrected chi connectivity index (χ0v) is 19.8. The van der Waals surface area contributed by atoms with Gasteiger partial charge in [-0.2, -0.15) is 0 Å². The number of carbonyl (C=O) groups is 3. The maximum atomic E-state index is 13.3. The van der Waals surface area contributed by atoms with Gasteiger partial charge in [-0.05, 0) is 56.3 Å². The fourth-order valence-corrected chi connectivity index (χ4v) is 5.57. The van der Waals surface area contributed by atoms with Crippen LogP contribution in [-0.2, 0) is 9.59 Å². The minimum atomic E-state index is -0.423. The van der Waals surface area contributed by atoms with Gasteiger partial charge in [0.2, 0.25) is 11.8 Å². The molecule has 2 aliphatic heterocycles. The molecule has 172 valence electrons. The quantitative estimate of drug-likeness (QED) is 0.568. The molecule has 1 unspecified atom stereocenters. The normalized spacial score (nSPS) is 17.4. The summed E-state index contributed by atoms with van der Waals surface area (Å²) in [5.41, 5.74) is 2.96. The van der Waals surface area contributed by atoms with Crippen LogP contribution in [0.25, 0.3) is 0 Å². The van der Waals surface area contributed by atoms with Crippen LogP contribution in [0.5, 0.6) is 0 Å². The van der Waals surface area contributed by atoms with Crippen LogP contribution in [0, 0.1) is 5.92 Å². The lowest BCUT2D eigenvalue weighted by atomic mass is 10.1. The molecule has 0 radical (unpaired) electrons. The molecule has 0 aromatic heterocycles. The van der Waals surface area contributed by atoms with Crippen molar-refractivity contribution in [3.63, 3.8) is 0 Å². The summed E-state index contributed by atoms with van der Waals surface area (Å²) in [5.74, 6) is -0.679. The number of benzene rings is 3. The molecule has 5 rings (SSSR count). The number of para-hydroxylation sites is 1. The molecule has 3 aromatic carbocycles. The lowest BCUT2D eigenvalue weighted by Crippen LogP contribution is -2.37. The van der Waals surface area contributed by atoms with E-state index < -0.39 is 5.92 Å². The molecule has 1 saturated heterocycles. The van der Waals surface area contributed by atoms with Gasteiger partial charge in [0.1, 0.15) is 0 Å². The first-order chi connectivity index (χ1) is 16.4. The number of nitrogens with zero attached hydrogens (tertiary/aromatic N) is 2. The molecule has 2 aliphatic rings. The van der Waals surface area contributed by atoms with E-state index in [-0.39, 0.29) is 30.2 Å². The van der Waals surface area contributed by atoms with Gasteiger partial charge in [0.05, 0.1) is 17.2 Å². The van der Waals surface area contributed by atoms with Crippen LogP contribution in [0.2, 0.25) is 0 Å². The SMILES string of the molecule is CC(C)N1C(=O)c2ccccc2Sc2cc(NC(=O)C3CC(=O)N(c4ccccc4)C3)ccc21. The maximum absolute atomic E-state index is 13.3. The van der Waals surface area contributed by atoms with Gasteiger partial charge < -0.3 is 15.1 Å². The van der Waals surface area contributed by atoms with Gasteiger partial charge in [0.25, 0.3) is 5.91 Å². The van der Waals surface area contributed by atoms with Crippen LogP contribution in [0.3, 0.4) is 0 Å². The summed E-state index contributed by atoms with van der Waals surface area (Å²) in [6.45, 7) is 4.34. The van der Waals surface area contributed by atoms with E-state index in [0.717, 1.165) is 21.2 Å². The molecule has 7 heteroatoms. The van der Waals surface area contributed by atoms with E-state index in [9.17, 15) is 14.4 Å². The van der Waals surface area contributed by atoms with E-state index >= 15 is 0 Å². The molecule has 3 aromatic rings. The fraction of sp³-hybridized carbons (Fsp3) is 0.222. The van der Waals surface area contributed by atoms with Gasteiger partial charge in [-0.15, -0.1) is 0 Å². The van der Waals surface area contributed by atoms with Crippen molar-refractivity contribution in [1.29, 1.82) is 0 Å². The molecule has 2 heterocycles. The second-order valence-corrected chi connectivity index (χ2v) is 9.86. The topological polar surface area (TPSA) is 69.7 Å². The summed E-state index contributed by atoms with van der Waals surface area (Å²) in [6, 6.07) is 22.6. The molecular formula is C27H25N3O3S. The molecular weight excluding hydrogens is 446 g/mol. The second-order valence-electron chi connectivity index (χ2n) is 8.78. The Kier molecular flexibility index (Phi) is 5.87. The van der Waals surface area contributed by atoms with Crippen LogP contribution in [0.15, 0.2) is 82.6 Å². The first kappa shape index (κ1) is 22.2. The summed E-state index contributed by atoms with van der Waals surface area (Å²) in [4.78, 5) is 44.1. The molecule has 34 heavy (non-hydrogen) atoms. The molecule has 0 aliphatic carbocycles. The molecule has 0 saturated carbocycles. The fourth-order valence-electron chi connectivity index (χ4n) is 4.46. The minimum Gasteiger partial charge on any atom is -0.326 e. The van der Waals surface area contributed by atoms with Gasteiger partial charge in [-0.25, -0.2) is 0 Å². The Labute approximate surface area is 202 Å². The number of carbonyl (C=O) groups excluding carboxylic acids is 3. The van der Waals surface area contributed by atoms with Crippen LogP contribution in [0.4, 0.5) is 17.1 Å². The van der Waals surface area contributed by atoms with E-state index in [1.54, 1.807) is 9.80 Å². The molecule has 0 bridgehead atoms. The minimum absolute atomic E-state index is 0.0214. The van der Waals surface area contributed by atoms with Gasteiger partial charge in [0.15, 0.2) is 0 Å². The van der Waals surface area contributed by atoms with Crippen molar-refractivity contribution in [2.75, 3.05) is 21.7 Å².